The lowest BCUT2D eigenvalue weighted by atomic mass is 10.0. The highest BCUT2D eigenvalue weighted by Crippen LogP contribution is 2.28. The highest BCUT2D eigenvalue weighted by molar-refractivity contribution is 6.34. The van der Waals surface area contributed by atoms with E-state index in [1.165, 1.54) is 12.1 Å². The van der Waals surface area contributed by atoms with E-state index in [9.17, 15) is 19.7 Å². The molecule has 0 aliphatic heterocycles. The zero-order valence-corrected chi connectivity index (χ0v) is 20.5. The van der Waals surface area contributed by atoms with Gasteiger partial charge >= 0.3 is 0 Å². The Morgan fingerprint density at radius 2 is 1.74 bits per heavy atom. The summed E-state index contributed by atoms with van der Waals surface area (Å²) in [6.45, 7) is 8.81. The molecule has 0 heterocycles. The molecule has 184 valence electrons. The highest BCUT2D eigenvalue weighted by Gasteiger charge is 2.26. The number of halogens is 1. The van der Waals surface area contributed by atoms with Gasteiger partial charge in [0.05, 0.1) is 28.7 Å². The van der Waals surface area contributed by atoms with E-state index in [0.29, 0.717) is 37.7 Å². The van der Waals surface area contributed by atoms with Gasteiger partial charge in [-0.25, -0.2) is 0 Å². The molecule has 0 fully saturated rings. The van der Waals surface area contributed by atoms with Crippen LogP contribution in [0.4, 0.5) is 5.69 Å². The van der Waals surface area contributed by atoms with E-state index in [4.69, 9.17) is 21.1 Å². The largest absolute Gasteiger partial charge is 0.490 e. The maximum absolute atomic E-state index is 12.8. The number of hydrogen-bond acceptors (Lipinski definition) is 6. The molecule has 0 aliphatic carbocycles. The number of amides is 2. The van der Waals surface area contributed by atoms with Crippen molar-refractivity contribution >= 4 is 29.1 Å². The summed E-state index contributed by atoms with van der Waals surface area (Å²) in [5.41, 5.74) is 0.806. The van der Waals surface area contributed by atoms with Crippen molar-refractivity contribution < 1.29 is 24.0 Å². The van der Waals surface area contributed by atoms with Crippen LogP contribution >= 0.6 is 11.6 Å². The van der Waals surface area contributed by atoms with Crippen LogP contribution in [0.15, 0.2) is 36.4 Å². The Morgan fingerprint density at radius 3 is 2.32 bits per heavy atom. The Balaban J connectivity index is 2.01. The Morgan fingerprint density at radius 1 is 1.06 bits per heavy atom. The van der Waals surface area contributed by atoms with E-state index in [1.54, 1.807) is 0 Å². The van der Waals surface area contributed by atoms with Crippen LogP contribution in [0.25, 0.3) is 0 Å². The maximum Gasteiger partial charge on any atom is 0.270 e. The minimum atomic E-state index is -0.807. The third kappa shape index (κ3) is 7.34. The first-order valence-corrected chi connectivity index (χ1v) is 11.5. The average Bonchev–Trinajstić information content (AvgIpc) is 2.78. The summed E-state index contributed by atoms with van der Waals surface area (Å²) >= 11 is 6.04. The van der Waals surface area contributed by atoms with Gasteiger partial charge in [0.25, 0.3) is 11.6 Å². The average molecular weight is 492 g/mol. The number of nitrogens with one attached hydrogen (secondary N) is 2. The summed E-state index contributed by atoms with van der Waals surface area (Å²) in [5.74, 6) is 0.208. The summed E-state index contributed by atoms with van der Waals surface area (Å²) in [6.07, 6.45) is 0.561. The summed E-state index contributed by atoms with van der Waals surface area (Å²) < 4.78 is 11.2. The number of non-ortho nitro benzene ring substituents is 1. The zero-order valence-electron chi connectivity index (χ0n) is 19.7. The number of carbonyl (C=O) groups is 2. The Bertz CT molecular complexity index is 1030. The first kappa shape index (κ1) is 26.9. The van der Waals surface area contributed by atoms with Gasteiger partial charge in [0.1, 0.15) is 6.04 Å². The molecule has 0 spiro atoms. The number of ether oxygens (including phenoxy) is 2. The molecular formula is C24H30ClN3O6. The zero-order chi connectivity index (χ0) is 25.3. The van der Waals surface area contributed by atoms with Gasteiger partial charge in [-0.05, 0) is 49.9 Å². The standard InChI is InChI=1S/C24H30ClN3O6/c1-5-33-20-10-7-16(13-21(20)34-6-2)11-12-26-24(30)22(15(3)4)27-23(29)18-9-8-17(28(31)32)14-19(18)25/h7-10,13-15,22H,5-6,11-12H2,1-4H3,(H,26,30)(H,27,29)/t22-/m0/s1. The quantitative estimate of drug-likeness (QED) is 0.340. The minimum absolute atomic E-state index is 0.0589. The highest BCUT2D eigenvalue weighted by atomic mass is 35.5. The van der Waals surface area contributed by atoms with Gasteiger partial charge in [0, 0.05) is 18.7 Å². The third-order valence-electron chi connectivity index (χ3n) is 4.96. The second kappa shape index (κ2) is 12.8. The van der Waals surface area contributed by atoms with Crippen molar-refractivity contribution in [2.75, 3.05) is 19.8 Å². The van der Waals surface area contributed by atoms with Crippen molar-refractivity contribution in [2.45, 2.75) is 40.2 Å². The molecule has 2 aromatic carbocycles. The number of nitrogens with zero attached hydrogens (tertiary/aromatic N) is 1. The van der Waals surface area contributed by atoms with Crippen LogP contribution in [0, 0.1) is 16.0 Å². The van der Waals surface area contributed by atoms with Gasteiger partial charge in [-0.2, -0.15) is 0 Å². The van der Waals surface area contributed by atoms with Gasteiger partial charge < -0.3 is 20.1 Å². The fourth-order valence-corrected chi connectivity index (χ4v) is 3.51. The van der Waals surface area contributed by atoms with Gasteiger partial charge in [0.15, 0.2) is 11.5 Å². The molecule has 0 bridgehead atoms. The third-order valence-corrected chi connectivity index (χ3v) is 5.28. The van der Waals surface area contributed by atoms with Crippen LogP contribution in [-0.4, -0.2) is 42.5 Å². The van der Waals surface area contributed by atoms with Gasteiger partial charge in [-0.1, -0.05) is 31.5 Å². The van der Waals surface area contributed by atoms with Crippen molar-refractivity contribution in [1.29, 1.82) is 0 Å². The lowest BCUT2D eigenvalue weighted by Gasteiger charge is -2.22. The lowest BCUT2D eigenvalue weighted by Crippen LogP contribution is -2.50. The number of benzene rings is 2. The van der Waals surface area contributed by atoms with Crippen molar-refractivity contribution in [1.82, 2.24) is 10.6 Å². The van der Waals surface area contributed by atoms with Crippen molar-refractivity contribution in [3.05, 3.63) is 62.7 Å². The molecule has 0 aliphatic rings. The van der Waals surface area contributed by atoms with E-state index in [-0.39, 0.29) is 28.1 Å². The van der Waals surface area contributed by atoms with Crippen LogP contribution < -0.4 is 20.1 Å². The first-order valence-electron chi connectivity index (χ1n) is 11.1. The fraction of sp³-hybridized carbons (Fsp3) is 0.417. The van der Waals surface area contributed by atoms with Crippen LogP contribution in [0.2, 0.25) is 5.02 Å². The summed E-state index contributed by atoms with van der Waals surface area (Å²) in [4.78, 5) is 35.7. The van der Waals surface area contributed by atoms with Crippen molar-refractivity contribution in [2.24, 2.45) is 5.92 Å². The number of nitro groups is 1. The van der Waals surface area contributed by atoms with Gasteiger partial charge in [0.2, 0.25) is 5.91 Å². The molecule has 2 rings (SSSR count). The second-order valence-corrected chi connectivity index (χ2v) is 8.21. The molecule has 0 aromatic heterocycles. The second-order valence-electron chi connectivity index (χ2n) is 7.80. The predicted molar refractivity (Wildman–Crippen MR) is 130 cm³/mol. The summed E-state index contributed by atoms with van der Waals surface area (Å²) in [6, 6.07) is 8.41. The van der Waals surface area contributed by atoms with Crippen molar-refractivity contribution in [3.8, 4) is 11.5 Å². The first-order chi connectivity index (χ1) is 16.2. The van der Waals surface area contributed by atoms with Gasteiger partial charge in [-0.15, -0.1) is 0 Å². The predicted octanol–water partition coefficient (Wildman–Crippen LogP) is 4.16. The normalized spacial score (nSPS) is 11.6. The molecule has 2 amide bonds. The van der Waals surface area contributed by atoms with Gasteiger partial charge in [-0.3, -0.25) is 19.7 Å². The maximum atomic E-state index is 12.8. The molecule has 0 saturated heterocycles. The van der Waals surface area contributed by atoms with E-state index in [2.05, 4.69) is 10.6 Å². The molecule has 34 heavy (non-hydrogen) atoms. The molecule has 0 radical (unpaired) electrons. The minimum Gasteiger partial charge on any atom is -0.490 e. The van der Waals surface area contributed by atoms with Crippen LogP contribution in [0.1, 0.15) is 43.6 Å². The monoisotopic (exact) mass is 491 g/mol. The molecule has 9 nitrogen and oxygen atoms in total. The molecule has 0 unspecified atom stereocenters. The van der Waals surface area contributed by atoms with E-state index >= 15 is 0 Å². The van der Waals surface area contributed by atoms with Crippen molar-refractivity contribution in [3.63, 3.8) is 0 Å². The van der Waals surface area contributed by atoms with E-state index in [1.807, 2.05) is 45.9 Å². The Labute approximate surface area is 203 Å². The Kier molecular flexibility index (Phi) is 10.1. The summed E-state index contributed by atoms with van der Waals surface area (Å²) in [7, 11) is 0. The SMILES string of the molecule is CCOc1ccc(CCNC(=O)[C@@H](NC(=O)c2ccc([N+](=O)[O-])cc2Cl)C(C)C)cc1OCC. The number of nitro benzene ring substituents is 1. The van der Waals surface area contributed by atoms with Crippen LogP contribution in [0.5, 0.6) is 11.5 Å². The molecular weight excluding hydrogens is 462 g/mol. The topological polar surface area (TPSA) is 120 Å². The van der Waals surface area contributed by atoms with Crippen LogP contribution in [-0.2, 0) is 11.2 Å². The molecule has 2 N–H and O–H groups in total. The number of carbonyl (C=O) groups excluding carboxylic acids is 2. The van der Waals surface area contributed by atoms with E-state index in [0.717, 1.165) is 11.6 Å². The smallest absolute Gasteiger partial charge is 0.270 e. The molecule has 2 aromatic rings. The number of rotatable bonds is 12. The van der Waals surface area contributed by atoms with E-state index < -0.39 is 16.9 Å². The lowest BCUT2D eigenvalue weighted by molar-refractivity contribution is -0.384. The molecule has 0 saturated carbocycles. The summed E-state index contributed by atoms with van der Waals surface area (Å²) in [5, 5.41) is 16.3. The number of hydrogen-bond donors (Lipinski definition) is 2. The fourth-order valence-electron chi connectivity index (χ4n) is 3.25. The van der Waals surface area contributed by atoms with Crippen LogP contribution in [0.3, 0.4) is 0 Å². The molecule has 10 heteroatoms. The molecule has 1 atom stereocenters. The Hall–Kier alpha value is -3.33.